The molecule has 7 heteroatoms. The highest BCUT2D eigenvalue weighted by Crippen LogP contribution is 2.39. The van der Waals surface area contributed by atoms with Gasteiger partial charge in [-0.2, -0.15) is 0 Å². The molecule has 0 unspecified atom stereocenters. The SMILES string of the molecule is COCCCCn1c(C(Cl)(Cl)Cl)nc2cc(F)ccc21. The molecule has 0 aliphatic heterocycles. The Labute approximate surface area is 131 Å². The number of alkyl halides is 3. The van der Waals surface area contributed by atoms with Gasteiger partial charge in [0, 0.05) is 26.3 Å². The molecule has 0 N–H and O–H groups in total. The van der Waals surface area contributed by atoms with Crippen LogP contribution in [0.3, 0.4) is 0 Å². The van der Waals surface area contributed by atoms with E-state index in [0.29, 0.717) is 24.5 Å². The van der Waals surface area contributed by atoms with Gasteiger partial charge >= 0.3 is 0 Å². The van der Waals surface area contributed by atoms with E-state index in [9.17, 15) is 4.39 Å². The zero-order valence-corrected chi connectivity index (χ0v) is 13.1. The van der Waals surface area contributed by atoms with Gasteiger partial charge in [-0.3, -0.25) is 0 Å². The molecule has 0 radical (unpaired) electrons. The second kappa shape index (κ2) is 6.48. The van der Waals surface area contributed by atoms with Crippen molar-refractivity contribution in [3.63, 3.8) is 0 Å². The Balaban J connectivity index is 2.37. The topological polar surface area (TPSA) is 27.1 Å². The van der Waals surface area contributed by atoms with Gasteiger partial charge < -0.3 is 9.30 Å². The first-order chi connectivity index (χ1) is 9.43. The minimum absolute atomic E-state index is 0.306. The maximum atomic E-state index is 13.3. The van der Waals surface area contributed by atoms with Crippen molar-refractivity contribution in [1.29, 1.82) is 0 Å². The Hall–Kier alpha value is -0.550. The Morgan fingerprint density at radius 1 is 1.30 bits per heavy atom. The molecule has 0 aliphatic rings. The quantitative estimate of drug-likeness (QED) is 0.595. The van der Waals surface area contributed by atoms with Crippen LogP contribution in [0.4, 0.5) is 4.39 Å². The number of hydrogen-bond acceptors (Lipinski definition) is 2. The Morgan fingerprint density at radius 2 is 2.05 bits per heavy atom. The molecular weight excluding hydrogens is 326 g/mol. The van der Waals surface area contributed by atoms with E-state index in [1.54, 1.807) is 13.2 Å². The third kappa shape index (κ3) is 3.55. The van der Waals surface area contributed by atoms with Gasteiger partial charge in [0.05, 0.1) is 11.0 Å². The average molecular weight is 340 g/mol. The van der Waals surface area contributed by atoms with Crippen LogP contribution in [0, 0.1) is 5.82 Å². The summed E-state index contributed by atoms with van der Waals surface area (Å²) in [6, 6.07) is 4.35. The minimum Gasteiger partial charge on any atom is -0.385 e. The first kappa shape index (κ1) is 15.8. The second-order valence-corrected chi connectivity index (χ2v) is 6.70. The van der Waals surface area contributed by atoms with Gasteiger partial charge in [0.15, 0.2) is 5.82 Å². The number of aryl methyl sites for hydroxylation is 1. The highest BCUT2D eigenvalue weighted by Gasteiger charge is 2.30. The van der Waals surface area contributed by atoms with E-state index >= 15 is 0 Å². The molecule has 0 fully saturated rings. The molecule has 1 heterocycles. The highest BCUT2D eigenvalue weighted by molar-refractivity contribution is 6.66. The lowest BCUT2D eigenvalue weighted by molar-refractivity contribution is 0.191. The van der Waals surface area contributed by atoms with Crippen LogP contribution in [0.15, 0.2) is 18.2 Å². The predicted molar refractivity (Wildman–Crippen MR) is 80.0 cm³/mol. The fourth-order valence-corrected chi connectivity index (χ4v) is 2.49. The fraction of sp³-hybridized carbons (Fsp3) is 0.462. The first-order valence-corrected chi connectivity index (χ1v) is 7.29. The van der Waals surface area contributed by atoms with Crippen LogP contribution in [0.2, 0.25) is 0 Å². The maximum Gasteiger partial charge on any atom is 0.248 e. The molecule has 2 aromatic rings. The molecule has 0 saturated carbocycles. The molecule has 1 aromatic heterocycles. The monoisotopic (exact) mass is 338 g/mol. The van der Waals surface area contributed by atoms with Crippen LogP contribution < -0.4 is 0 Å². The van der Waals surface area contributed by atoms with Crippen LogP contribution in [0.25, 0.3) is 11.0 Å². The molecule has 20 heavy (non-hydrogen) atoms. The molecule has 1 aromatic carbocycles. The number of nitrogens with zero attached hydrogens (tertiary/aromatic N) is 2. The van der Waals surface area contributed by atoms with Crippen molar-refractivity contribution in [2.24, 2.45) is 0 Å². The minimum atomic E-state index is -1.64. The summed E-state index contributed by atoms with van der Waals surface area (Å²) in [4.78, 5) is 4.24. The van der Waals surface area contributed by atoms with Crippen molar-refractivity contribution >= 4 is 45.8 Å². The van der Waals surface area contributed by atoms with Crippen molar-refractivity contribution in [3.05, 3.63) is 29.8 Å². The summed E-state index contributed by atoms with van der Waals surface area (Å²) in [7, 11) is 1.65. The van der Waals surface area contributed by atoms with Gasteiger partial charge in [0.2, 0.25) is 3.79 Å². The van der Waals surface area contributed by atoms with Gasteiger partial charge in [-0.05, 0) is 25.0 Å². The van der Waals surface area contributed by atoms with Crippen LogP contribution in [0.1, 0.15) is 18.7 Å². The Bertz CT molecular complexity index is 595. The van der Waals surface area contributed by atoms with E-state index in [1.807, 2.05) is 4.57 Å². The normalized spacial score (nSPS) is 12.2. The van der Waals surface area contributed by atoms with Gasteiger partial charge in [0.25, 0.3) is 0 Å². The lowest BCUT2D eigenvalue weighted by Crippen LogP contribution is -2.12. The van der Waals surface area contributed by atoms with Crippen molar-refractivity contribution in [3.8, 4) is 0 Å². The molecule has 0 saturated heterocycles. The van der Waals surface area contributed by atoms with Crippen LogP contribution >= 0.6 is 34.8 Å². The average Bonchev–Trinajstić information content (AvgIpc) is 2.72. The number of rotatable bonds is 5. The van der Waals surface area contributed by atoms with Crippen LogP contribution in [0.5, 0.6) is 0 Å². The maximum absolute atomic E-state index is 13.3. The van der Waals surface area contributed by atoms with Crippen LogP contribution in [-0.4, -0.2) is 23.3 Å². The fourth-order valence-electron chi connectivity index (χ4n) is 2.06. The molecule has 0 atom stereocenters. The number of benzene rings is 1. The highest BCUT2D eigenvalue weighted by atomic mass is 35.6. The Kier molecular flexibility index (Phi) is 5.13. The summed E-state index contributed by atoms with van der Waals surface area (Å²) in [6.45, 7) is 1.30. The molecular formula is C13H14Cl3FN2O. The summed E-state index contributed by atoms with van der Waals surface area (Å²) in [5, 5.41) is 0. The molecule has 3 nitrogen and oxygen atoms in total. The van der Waals surface area contributed by atoms with E-state index in [4.69, 9.17) is 39.5 Å². The number of fused-ring (bicyclic) bond motifs is 1. The van der Waals surface area contributed by atoms with E-state index in [1.165, 1.54) is 12.1 Å². The number of hydrogen-bond donors (Lipinski definition) is 0. The van der Waals surface area contributed by atoms with Gasteiger partial charge in [-0.1, -0.05) is 34.8 Å². The van der Waals surface area contributed by atoms with Gasteiger partial charge in [-0.25, -0.2) is 9.37 Å². The number of imidazole rings is 1. The standard InChI is InChI=1S/C13H14Cl3FN2O/c1-20-7-3-2-6-19-11-5-4-9(17)8-10(11)18-12(19)13(14,15)16/h4-5,8H,2-3,6-7H2,1H3. The molecule has 110 valence electrons. The molecule has 0 spiro atoms. The lowest BCUT2D eigenvalue weighted by atomic mass is 10.3. The summed E-state index contributed by atoms with van der Waals surface area (Å²) in [5.41, 5.74) is 1.24. The summed E-state index contributed by atoms with van der Waals surface area (Å²) < 4.78 is 18.4. The number of unbranched alkanes of at least 4 members (excludes halogenated alkanes) is 1. The van der Waals surface area contributed by atoms with Crippen molar-refractivity contribution in [1.82, 2.24) is 9.55 Å². The van der Waals surface area contributed by atoms with E-state index in [0.717, 1.165) is 18.4 Å². The molecule has 0 aliphatic carbocycles. The third-order valence-electron chi connectivity index (χ3n) is 2.94. The summed E-state index contributed by atoms with van der Waals surface area (Å²) in [5.74, 6) is -0.0575. The lowest BCUT2D eigenvalue weighted by Gasteiger charge is -2.14. The zero-order valence-electron chi connectivity index (χ0n) is 10.9. The summed E-state index contributed by atoms with van der Waals surface area (Å²) >= 11 is 17.8. The number of aromatic nitrogens is 2. The zero-order chi connectivity index (χ0) is 14.8. The van der Waals surface area contributed by atoms with Crippen LogP contribution in [-0.2, 0) is 15.1 Å². The number of ether oxygens (including phenoxy) is 1. The van der Waals surface area contributed by atoms with E-state index < -0.39 is 3.79 Å². The Morgan fingerprint density at radius 3 is 2.70 bits per heavy atom. The van der Waals surface area contributed by atoms with E-state index in [-0.39, 0.29) is 5.82 Å². The van der Waals surface area contributed by atoms with E-state index in [2.05, 4.69) is 4.98 Å². The third-order valence-corrected chi connectivity index (χ3v) is 3.45. The largest absolute Gasteiger partial charge is 0.385 e. The van der Waals surface area contributed by atoms with Gasteiger partial charge in [-0.15, -0.1) is 0 Å². The van der Waals surface area contributed by atoms with Crippen molar-refractivity contribution < 1.29 is 9.13 Å². The number of halogens is 4. The number of methoxy groups -OCH3 is 1. The van der Waals surface area contributed by atoms with Crippen molar-refractivity contribution in [2.45, 2.75) is 23.2 Å². The van der Waals surface area contributed by atoms with Gasteiger partial charge in [0.1, 0.15) is 5.82 Å². The smallest absolute Gasteiger partial charge is 0.248 e. The molecule has 0 amide bonds. The first-order valence-electron chi connectivity index (χ1n) is 6.15. The predicted octanol–water partition coefficient (Wildman–Crippen LogP) is 4.43. The molecule has 2 rings (SSSR count). The molecule has 0 bridgehead atoms. The second-order valence-electron chi connectivity index (χ2n) is 4.42. The summed E-state index contributed by atoms with van der Waals surface area (Å²) in [6.07, 6.45) is 1.74. The van der Waals surface area contributed by atoms with Crippen molar-refractivity contribution in [2.75, 3.05) is 13.7 Å².